The van der Waals surface area contributed by atoms with Gasteiger partial charge in [0.05, 0.1) is 0 Å². The highest BCUT2D eigenvalue weighted by Gasteiger charge is 2.57. The van der Waals surface area contributed by atoms with Gasteiger partial charge in [-0.3, -0.25) is 0 Å². The first-order valence-electron chi connectivity index (χ1n) is 17.6. The molecule has 4 aliphatic rings. The molecule has 2 aromatic carbocycles. The predicted octanol–water partition coefficient (Wildman–Crippen LogP) is 11.5. The SMILES string of the molecule is CC1(C)CCC(C)(C)c2cc3c(cc21)C1=CC2C(C=C1C3(C)C)C(c1ccccc1)CC2[Si](C)(C)N(C(C)(C)C)C(C)(C)C. The second-order valence-electron chi connectivity index (χ2n) is 19.3. The number of benzene rings is 2. The monoisotopic (exact) mass is 607 g/mol. The summed E-state index contributed by atoms with van der Waals surface area (Å²) in [5.74, 6) is 1.68. The number of rotatable bonds is 3. The number of hydrogen-bond donors (Lipinski definition) is 0. The third-order valence-corrected chi connectivity index (χ3v) is 17.5. The lowest BCUT2D eigenvalue weighted by atomic mass is 9.62. The van der Waals surface area contributed by atoms with Crippen molar-refractivity contribution in [1.29, 1.82) is 0 Å². The Balaban J connectivity index is 1.55. The molecule has 44 heavy (non-hydrogen) atoms. The van der Waals surface area contributed by atoms with Crippen molar-refractivity contribution in [3.63, 3.8) is 0 Å². The van der Waals surface area contributed by atoms with Crippen molar-refractivity contribution in [2.75, 3.05) is 0 Å². The zero-order chi connectivity index (χ0) is 32.4. The molecular weight excluding hydrogens is 547 g/mol. The van der Waals surface area contributed by atoms with E-state index in [-0.39, 0.29) is 27.3 Å². The first kappa shape index (κ1) is 32.1. The Kier molecular flexibility index (Phi) is 7.14. The van der Waals surface area contributed by atoms with E-state index in [1.54, 1.807) is 27.8 Å². The Morgan fingerprint density at radius 3 is 1.80 bits per heavy atom. The smallest absolute Gasteiger partial charge is 0.127 e. The van der Waals surface area contributed by atoms with Crippen molar-refractivity contribution < 1.29 is 0 Å². The first-order chi connectivity index (χ1) is 20.1. The molecular formula is C42H61NSi. The largest absolute Gasteiger partial charge is 0.314 e. The molecule has 0 amide bonds. The number of allylic oxidation sites excluding steroid dienone is 4. The van der Waals surface area contributed by atoms with E-state index in [2.05, 4.69) is 155 Å². The van der Waals surface area contributed by atoms with E-state index in [1.807, 2.05) is 0 Å². The lowest BCUT2D eigenvalue weighted by molar-refractivity contribution is 0.122. The summed E-state index contributed by atoms with van der Waals surface area (Å²) in [6, 6.07) is 16.9. The minimum Gasteiger partial charge on any atom is -0.314 e. The van der Waals surface area contributed by atoms with Gasteiger partial charge in [0.1, 0.15) is 8.24 Å². The molecule has 4 aliphatic carbocycles. The minimum atomic E-state index is -1.93. The standard InChI is InChI=1S/C42H61NSi/c1-38(2,3)43(39(4,5)6)44(13,14)37-25-28(27-18-16-15-17-19-27)29-23-33-30(22-32(29)37)31-24-35-36(26-34(31)42(33,11)12)41(9,10)21-20-40(35,7)8/h15-19,22-24,26,28-29,32,37H,20-21,25H2,1-14H3. The quantitative estimate of drug-likeness (QED) is 0.314. The fraction of sp³-hybridized carbons (Fsp3) is 0.619. The average molecular weight is 608 g/mol. The van der Waals surface area contributed by atoms with E-state index in [0.29, 0.717) is 23.3 Å². The fourth-order valence-corrected chi connectivity index (χ4v) is 17.0. The van der Waals surface area contributed by atoms with Gasteiger partial charge in [-0.05, 0) is 134 Å². The van der Waals surface area contributed by atoms with Crippen molar-refractivity contribution in [2.24, 2.45) is 11.8 Å². The van der Waals surface area contributed by atoms with Crippen LogP contribution in [0.25, 0.3) is 5.57 Å². The van der Waals surface area contributed by atoms with E-state index < -0.39 is 8.24 Å². The van der Waals surface area contributed by atoms with Crippen molar-refractivity contribution in [1.82, 2.24) is 4.57 Å². The summed E-state index contributed by atoms with van der Waals surface area (Å²) in [6.45, 7) is 35.0. The molecule has 2 aromatic rings. The summed E-state index contributed by atoms with van der Waals surface area (Å²) >= 11 is 0. The highest BCUT2D eigenvalue weighted by molar-refractivity contribution is 6.76. The van der Waals surface area contributed by atoms with Crippen LogP contribution in [-0.4, -0.2) is 23.9 Å². The second-order valence-corrected chi connectivity index (χ2v) is 23.8. The summed E-state index contributed by atoms with van der Waals surface area (Å²) < 4.78 is 2.98. The molecule has 1 saturated carbocycles. The van der Waals surface area contributed by atoms with Crippen molar-refractivity contribution in [3.05, 3.63) is 88.0 Å². The Morgan fingerprint density at radius 1 is 0.705 bits per heavy atom. The molecule has 0 radical (unpaired) electrons. The number of nitrogens with zero attached hydrogens (tertiary/aromatic N) is 1. The molecule has 4 atom stereocenters. The Hall–Kier alpha value is -1.90. The summed E-state index contributed by atoms with van der Waals surface area (Å²) in [5, 5.41) is 0. The molecule has 0 N–H and O–H groups in total. The first-order valence-corrected chi connectivity index (χ1v) is 20.6. The van der Waals surface area contributed by atoms with Crippen LogP contribution in [0, 0.1) is 11.8 Å². The van der Waals surface area contributed by atoms with Gasteiger partial charge in [-0.2, -0.15) is 0 Å². The number of hydrogen-bond acceptors (Lipinski definition) is 1. The third kappa shape index (κ3) is 4.79. The van der Waals surface area contributed by atoms with E-state index in [0.717, 1.165) is 0 Å². The van der Waals surface area contributed by atoms with E-state index in [1.165, 1.54) is 30.4 Å². The van der Waals surface area contributed by atoms with Crippen LogP contribution in [0.3, 0.4) is 0 Å². The molecule has 0 aliphatic heterocycles. The summed E-state index contributed by atoms with van der Waals surface area (Å²) in [4.78, 5) is 0. The van der Waals surface area contributed by atoms with Crippen LogP contribution in [0.1, 0.15) is 136 Å². The van der Waals surface area contributed by atoms with Gasteiger partial charge >= 0.3 is 0 Å². The Morgan fingerprint density at radius 2 is 1.25 bits per heavy atom. The van der Waals surface area contributed by atoms with Gasteiger partial charge in [-0.15, -0.1) is 0 Å². The van der Waals surface area contributed by atoms with E-state index >= 15 is 0 Å². The molecule has 4 unspecified atom stereocenters. The zero-order valence-corrected chi connectivity index (χ0v) is 31.6. The van der Waals surface area contributed by atoms with Gasteiger partial charge in [0, 0.05) is 16.5 Å². The van der Waals surface area contributed by atoms with Crippen molar-refractivity contribution in [2.45, 2.75) is 154 Å². The van der Waals surface area contributed by atoms with E-state index in [9.17, 15) is 0 Å². The van der Waals surface area contributed by atoms with Crippen molar-refractivity contribution in [3.8, 4) is 0 Å². The third-order valence-electron chi connectivity index (χ3n) is 12.6. The predicted molar refractivity (Wildman–Crippen MR) is 194 cm³/mol. The maximum atomic E-state index is 2.98. The van der Waals surface area contributed by atoms with Crippen LogP contribution in [-0.2, 0) is 16.2 Å². The van der Waals surface area contributed by atoms with Crippen LogP contribution in [0.2, 0.25) is 18.6 Å². The topological polar surface area (TPSA) is 3.24 Å². The molecule has 1 nitrogen and oxygen atoms in total. The van der Waals surface area contributed by atoms with Crippen LogP contribution < -0.4 is 0 Å². The molecule has 238 valence electrons. The van der Waals surface area contributed by atoms with Gasteiger partial charge in [-0.25, -0.2) is 0 Å². The maximum Gasteiger partial charge on any atom is 0.127 e. The van der Waals surface area contributed by atoms with Crippen LogP contribution in [0.15, 0.2) is 60.2 Å². The molecule has 0 heterocycles. The van der Waals surface area contributed by atoms with Gasteiger partial charge in [-0.1, -0.05) is 109 Å². The average Bonchev–Trinajstić information content (AvgIpc) is 3.37. The Labute approximate surface area is 271 Å². The van der Waals surface area contributed by atoms with E-state index in [4.69, 9.17) is 0 Å². The number of fused-ring (bicyclic) bond motifs is 5. The highest BCUT2D eigenvalue weighted by Crippen LogP contribution is 2.64. The van der Waals surface area contributed by atoms with Crippen molar-refractivity contribution >= 4 is 13.8 Å². The van der Waals surface area contributed by atoms with Crippen LogP contribution in [0.4, 0.5) is 0 Å². The summed E-state index contributed by atoms with van der Waals surface area (Å²) in [7, 11) is -1.93. The second kappa shape index (κ2) is 9.80. The van der Waals surface area contributed by atoms with Gasteiger partial charge in [0.15, 0.2) is 0 Å². The molecule has 6 rings (SSSR count). The molecule has 0 bridgehead atoms. The normalized spacial score (nSPS) is 28.5. The van der Waals surface area contributed by atoms with Gasteiger partial charge in [0.25, 0.3) is 0 Å². The molecule has 1 fully saturated rings. The summed E-state index contributed by atoms with van der Waals surface area (Å²) in [6.07, 6.45) is 9.44. The highest BCUT2D eigenvalue weighted by atomic mass is 28.3. The lowest BCUT2D eigenvalue weighted by Gasteiger charge is -2.57. The molecule has 0 saturated heterocycles. The van der Waals surface area contributed by atoms with Crippen LogP contribution in [0.5, 0.6) is 0 Å². The molecule has 0 spiro atoms. The summed E-state index contributed by atoms with van der Waals surface area (Å²) in [5.41, 5.74) is 12.4. The van der Waals surface area contributed by atoms with Gasteiger partial charge in [0.2, 0.25) is 0 Å². The Bertz CT molecular complexity index is 1500. The molecule has 2 heteroatoms. The zero-order valence-electron chi connectivity index (χ0n) is 30.6. The maximum absolute atomic E-state index is 2.98. The van der Waals surface area contributed by atoms with Crippen LogP contribution >= 0.6 is 0 Å². The minimum absolute atomic E-state index is 0.0218. The molecule has 0 aromatic heterocycles. The fourth-order valence-electron chi connectivity index (χ4n) is 11.1. The lowest BCUT2D eigenvalue weighted by Crippen LogP contribution is -2.67. The van der Waals surface area contributed by atoms with Gasteiger partial charge < -0.3 is 4.57 Å².